The Labute approximate surface area is 80.9 Å². The Morgan fingerprint density at radius 3 is 2.82 bits per heavy atom. The predicted molar refractivity (Wildman–Crippen MR) is 55.3 cm³/mol. The molecule has 0 nitrogen and oxygen atoms in total. The Bertz CT molecular complexity index is 248. The van der Waals surface area contributed by atoms with Crippen LogP contribution in [-0.2, 0) is 6.42 Å². The molecule has 0 aromatic heterocycles. The number of hydrogen-bond acceptors (Lipinski definition) is 1. The van der Waals surface area contributed by atoms with Gasteiger partial charge < -0.3 is 0 Å². The lowest BCUT2D eigenvalue weighted by atomic mass is 10.1. The second-order valence-corrected chi connectivity index (χ2v) is 3.57. The molecule has 58 valence electrons. The Balaban J connectivity index is 3.09. The quantitative estimate of drug-likeness (QED) is 0.582. The van der Waals surface area contributed by atoms with E-state index in [0.717, 1.165) is 15.8 Å². The first kappa shape index (κ1) is 8.88. The van der Waals surface area contributed by atoms with Crippen molar-refractivity contribution in [2.24, 2.45) is 0 Å². The minimum Gasteiger partial charge on any atom is -0.143 e. The van der Waals surface area contributed by atoms with Crippen LogP contribution in [0.3, 0.4) is 0 Å². The summed E-state index contributed by atoms with van der Waals surface area (Å²) in [6.07, 6.45) is 2.74. The summed E-state index contributed by atoms with van der Waals surface area (Å²) in [5.41, 5.74) is 1.20. The molecule has 11 heavy (non-hydrogen) atoms. The van der Waals surface area contributed by atoms with Crippen molar-refractivity contribution in [2.45, 2.75) is 11.3 Å². The Morgan fingerprint density at radius 2 is 2.27 bits per heavy atom. The normalized spacial score (nSPS) is 9.64. The lowest BCUT2D eigenvalue weighted by Crippen LogP contribution is -1.84. The number of allylic oxidation sites excluding steroid dienone is 1. The van der Waals surface area contributed by atoms with Crippen LogP contribution < -0.4 is 0 Å². The molecule has 0 bridgehead atoms. The van der Waals surface area contributed by atoms with Gasteiger partial charge in [0.15, 0.2) is 0 Å². The van der Waals surface area contributed by atoms with Crippen molar-refractivity contribution >= 4 is 28.6 Å². The largest absolute Gasteiger partial charge is 0.143 e. The molecule has 0 saturated heterocycles. The van der Waals surface area contributed by atoms with Crippen LogP contribution in [0.5, 0.6) is 0 Å². The maximum Gasteiger partial charge on any atom is 0.0221 e. The molecule has 0 aliphatic rings. The molecule has 0 amide bonds. The summed E-state index contributed by atoms with van der Waals surface area (Å²) in [6, 6.07) is 5.96. The third-order valence-corrected chi connectivity index (χ3v) is 2.60. The second kappa shape index (κ2) is 3.98. The highest BCUT2D eigenvalue weighted by molar-refractivity contribution is 9.10. The van der Waals surface area contributed by atoms with Crippen LogP contribution in [0, 0.1) is 0 Å². The van der Waals surface area contributed by atoms with E-state index in [4.69, 9.17) is 0 Å². The van der Waals surface area contributed by atoms with Crippen molar-refractivity contribution in [3.05, 3.63) is 40.9 Å². The number of benzene rings is 1. The standard InChI is InChI=1S/C9H9BrS/c1-2-4-7-8(10)5-3-6-9(7)11/h2-3,5-6,11H,1,4H2. The maximum atomic E-state index is 4.32. The zero-order valence-electron chi connectivity index (χ0n) is 6.05. The minimum atomic E-state index is 0.861. The van der Waals surface area contributed by atoms with Gasteiger partial charge in [-0.05, 0) is 24.1 Å². The summed E-state index contributed by atoms with van der Waals surface area (Å²) in [5.74, 6) is 0. The van der Waals surface area contributed by atoms with Crippen LogP contribution in [0.1, 0.15) is 5.56 Å². The molecule has 1 rings (SSSR count). The van der Waals surface area contributed by atoms with E-state index in [-0.39, 0.29) is 0 Å². The topological polar surface area (TPSA) is 0 Å². The highest BCUT2D eigenvalue weighted by Gasteiger charge is 1.99. The molecule has 2 heteroatoms. The van der Waals surface area contributed by atoms with E-state index in [2.05, 4.69) is 35.1 Å². The molecule has 0 unspecified atom stereocenters. The van der Waals surface area contributed by atoms with E-state index < -0.39 is 0 Å². The van der Waals surface area contributed by atoms with E-state index in [0.29, 0.717) is 0 Å². The van der Waals surface area contributed by atoms with Crippen LogP contribution in [0.25, 0.3) is 0 Å². The Hall–Kier alpha value is -0.210. The molecule has 1 aromatic carbocycles. The molecule has 0 aliphatic carbocycles. The van der Waals surface area contributed by atoms with Gasteiger partial charge in [-0.15, -0.1) is 19.2 Å². The highest BCUT2D eigenvalue weighted by Crippen LogP contribution is 2.23. The summed E-state index contributed by atoms with van der Waals surface area (Å²) in [7, 11) is 0. The molecule has 0 saturated carbocycles. The first-order chi connectivity index (χ1) is 5.25. The van der Waals surface area contributed by atoms with Crippen LogP contribution >= 0.6 is 28.6 Å². The molecule has 0 fully saturated rings. The van der Waals surface area contributed by atoms with Gasteiger partial charge in [-0.3, -0.25) is 0 Å². The molecule has 0 heterocycles. The summed E-state index contributed by atoms with van der Waals surface area (Å²) in [6.45, 7) is 3.68. The number of halogens is 1. The van der Waals surface area contributed by atoms with Gasteiger partial charge in [0.25, 0.3) is 0 Å². The number of hydrogen-bond donors (Lipinski definition) is 1. The van der Waals surface area contributed by atoms with Crippen LogP contribution in [-0.4, -0.2) is 0 Å². The van der Waals surface area contributed by atoms with Crippen molar-refractivity contribution in [3.8, 4) is 0 Å². The van der Waals surface area contributed by atoms with Crippen LogP contribution in [0.15, 0.2) is 40.2 Å². The smallest absolute Gasteiger partial charge is 0.0221 e. The first-order valence-corrected chi connectivity index (χ1v) is 4.57. The third-order valence-electron chi connectivity index (χ3n) is 1.44. The van der Waals surface area contributed by atoms with Gasteiger partial charge in [-0.25, -0.2) is 0 Å². The Kier molecular flexibility index (Phi) is 3.21. The van der Waals surface area contributed by atoms with Crippen molar-refractivity contribution in [3.63, 3.8) is 0 Å². The average molecular weight is 229 g/mol. The van der Waals surface area contributed by atoms with E-state index in [1.165, 1.54) is 5.56 Å². The van der Waals surface area contributed by atoms with Crippen molar-refractivity contribution in [1.29, 1.82) is 0 Å². The van der Waals surface area contributed by atoms with Crippen LogP contribution in [0.4, 0.5) is 0 Å². The summed E-state index contributed by atoms with van der Waals surface area (Å²) < 4.78 is 1.10. The zero-order valence-corrected chi connectivity index (χ0v) is 8.53. The molecule has 0 N–H and O–H groups in total. The SMILES string of the molecule is C=CCc1c(S)cccc1Br. The lowest BCUT2D eigenvalue weighted by molar-refractivity contribution is 1.17. The molecule has 0 atom stereocenters. The van der Waals surface area contributed by atoms with Crippen molar-refractivity contribution in [2.75, 3.05) is 0 Å². The average Bonchev–Trinajstić information content (AvgIpc) is 1.97. The van der Waals surface area contributed by atoms with Crippen molar-refractivity contribution < 1.29 is 0 Å². The van der Waals surface area contributed by atoms with E-state index in [1.54, 1.807) is 0 Å². The van der Waals surface area contributed by atoms with E-state index in [9.17, 15) is 0 Å². The van der Waals surface area contributed by atoms with Gasteiger partial charge in [0.1, 0.15) is 0 Å². The molecule has 1 aromatic rings. The summed E-state index contributed by atoms with van der Waals surface area (Å²) in [4.78, 5) is 1.01. The molecule has 0 spiro atoms. The predicted octanol–water partition coefficient (Wildman–Crippen LogP) is 3.47. The van der Waals surface area contributed by atoms with E-state index in [1.807, 2.05) is 24.3 Å². The Morgan fingerprint density at radius 1 is 1.55 bits per heavy atom. The number of rotatable bonds is 2. The van der Waals surface area contributed by atoms with Gasteiger partial charge in [-0.1, -0.05) is 28.1 Å². The fourth-order valence-electron chi connectivity index (χ4n) is 0.894. The lowest BCUT2D eigenvalue weighted by Gasteiger charge is -2.03. The fourth-order valence-corrected chi connectivity index (χ4v) is 1.87. The van der Waals surface area contributed by atoms with Gasteiger partial charge >= 0.3 is 0 Å². The van der Waals surface area contributed by atoms with Crippen molar-refractivity contribution in [1.82, 2.24) is 0 Å². The van der Waals surface area contributed by atoms with Crippen LogP contribution in [0.2, 0.25) is 0 Å². The summed E-state index contributed by atoms with van der Waals surface area (Å²) in [5, 5.41) is 0. The fraction of sp³-hybridized carbons (Fsp3) is 0.111. The summed E-state index contributed by atoms with van der Waals surface area (Å²) >= 11 is 7.78. The number of thiol groups is 1. The van der Waals surface area contributed by atoms with Gasteiger partial charge in [0.2, 0.25) is 0 Å². The zero-order chi connectivity index (χ0) is 8.27. The second-order valence-electron chi connectivity index (χ2n) is 2.23. The molecular weight excluding hydrogens is 220 g/mol. The van der Waals surface area contributed by atoms with E-state index >= 15 is 0 Å². The van der Waals surface area contributed by atoms with Gasteiger partial charge in [-0.2, -0.15) is 0 Å². The van der Waals surface area contributed by atoms with Gasteiger partial charge in [0, 0.05) is 9.37 Å². The minimum absolute atomic E-state index is 0.861. The molecular formula is C9H9BrS. The maximum absolute atomic E-state index is 4.32. The monoisotopic (exact) mass is 228 g/mol. The van der Waals surface area contributed by atoms with Gasteiger partial charge in [0.05, 0.1) is 0 Å². The first-order valence-electron chi connectivity index (χ1n) is 3.33. The molecule has 0 aliphatic heterocycles. The highest BCUT2D eigenvalue weighted by atomic mass is 79.9. The third kappa shape index (κ3) is 2.11. The molecule has 0 radical (unpaired) electrons.